The summed E-state index contributed by atoms with van der Waals surface area (Å²) in [4.78, 5) is 11.3. The highest BCUT2D eigenvalue weighted by Gasteiger charge is 2.17. The van der Waals surface area contributed by atoms with Gasteiger partial charge in [0.05, 0.1) is 22.0 Å². The fourth-order valence-electron chi connectivity index (χ4n) is 4.84. The molecule has 1 amide bonds. The van der Waals surface area contributed by atoms with E-state index in [2.05, 4.69) is 10.0 Å². The average Bonchev–Trinajstić information content (AvgIpc) is 3.50. The number of hydrogen-bond donors (Lipinski definition) is 2. The van der Waals surface area contributed by atoms with Crippen molar-refractivity contribution in [3.8, 4) is 34.0 Å². The second kappa shape index (κ2) is 13.3. The molecule has 0 bridgehead atoms. The Bertz CT molecular complexity index is 2080. The number of benzene rings is 5. The van der Waals surface area contributed by atoms with Crippen LogP contribution in [-0.2, 0) is 21.4 Å². The molecule has 0 saturated heterocycles. The summed E-state index contributed by atoms with van der Waals surface area (Å²) in [7, 11) is -3.84. The highest BCUT2D eigenvalue weighted by molar-refractivity contribution is 7.92. The number of nitrogens with zero attached hydrogens (tertiary/aromatic N) is 2. The molecule has 0 spiro atoms. The highest BCUT2D eigenvalue weighted by atomic mass is 35.5. The van der Waals surface area contributed by atoms with Crippen LogP contribution in [0.25, 0.3) is 28.2 Å². The molecule has 1 aromatic heterocycles. The molecule has 0 radical (unpaired) electrons. The molecule has 46 heavy (non-hydrogen) atoms. The number of rotatable bonds is 10. The van der Waals surface area contributed by atoms with Gasteiger partial charge in [-0.3, -0.25) is 9.52 Å². The number of anilines is 2. The molecule has 0 saturated carbocycles. The zero-order valence-corrected chi connectivity index (χ0v) is 26.3. The van der Waals surface area contributed by atoms with Crippen molar-refractivity contribution in [2.45, 2.75) is 18.4 Å². The van der Waals surface area contributed by atoms with Crippen LogP contribution in [0, 0.1) is 0 Å². The number of hydrogen-bond acceptors (Lipinski definition) is 5. The first-order valence-electron chi connectivity index (χ1n) is 14.4. The monoisotopic (exact) mass is 648 g/mol. The van der Waals surface area contributed by atoms with E-state index in [0.29, 0.717) is 28.7 Å². The van der Waals surface area contributed by atoms with Crippen molar-refractivity contribution in [2.75, 3.05) is 10.0 Å². The third-order valence-electron chi connectivity index (χ3n) is 7.08. The van der Waals surface area contributed by atoms with Crippen LogP contribution in [0.1, 0.15) is 12.5 Å². The van der Waals surface area contributed by atoms with E-state index in [0.717, 1.165) is 33.8 Å². The van der Waals surface area contributed by atoms with Crippen molar-refractivity contribution >= 4 is 38.9 Å². The number of nitrogens with one attached hydrogen (secondary N) is 2. The van der Waals surface area contributed by atoms with Gasteiger partial charge < -0.3 is 10.1 Å². The van der Waals surface area contributed by atoms with E-state index in [9.17, 15) is 13.2 Å². The van der Waals surface area contributed by atoms with Gasteiger partial charge in [-0.15, -0.1) is 0 Å². The largest absolute Gasteiger partial charge is 0.489 e. The first-order chi connectivity index (χ1) is 22.2. The lowest BCUT2D eigenvalue weighted by Crippen LogP contribution is -2.13. The second-order valence-corrected chi connectivity index (χ2v) is 12.6. The van der Waals surface area contributed by atoms with Crippen LogP contribution >= 0.6 is 11.6 Å². The molecule has 2 N–H and O–H groups in total. The van der Waals surface area contributed by atoms with E-state index < -0.39 is 10.0 Å². The maximum absolute atomic E-state index is 13.0. The SMILES string of the molecule is CC(=O)Nc1ccc(S(=O)(=O)Nc2ccc(-c3cc(-c4ccc(OCc5ccccc5)cc4)n(-c4cccc(Cl)c4)n3)cc2)cc1. The maximum atomic E-state index is 13.0. The van der Waals surface area contributed by atoms with Gasteiger partial charge in [0.25, 0.3) is 10.0 Å². The van der Waals surface area contributed by atoms with Gasteiger partial charge in [0, 0.05) is 34.4 Å². The molecule has 5 aromatic carbocycles. The summed E-state index contributed by atoms with van der Waals surface area (Å²) in [6, 6.07) is 40.2. The predicted molar refractivity (Wildman–Crippen MR) is 182 cm³/mol. The van der Waals surface area contributed by atoms with E-state index in [-0.39, 0.29) is 10.8 Å². The van der Waals surface area contributed by atoms with Gasteiger partial charge in [-0.2, -0.15) is 5.10 Å². The molecule has 0 aliphatic rings. The van der Waals surface area contributed by atoms with Crippen molar-refractivity contribution in [3.05, 3.63) is 144 Å². The molecule has 10 heteroatoms. The van der Waals surface area contributed by atoms with Crippen molar-refractivity contribution in [2.24, 2.45) is 0 Å². The zero-order chi connectivity index (χ0) is 32.1. The maximum Gasteiger partial charge on any atom is 0.261 e. The van der Waals surface area contributed by atoms with Crippen LogP contribution in [0.2, 0.25) is 5.02 Å². The Morgan fingerprint density at radius 3 is 2.13 bits per heavy atom. The smallest absolute Gasteiger partial charge is 0.261 e. The van der Waals surface area contributed by atoms with Gasteiger partial charge in [-0.05, 0) is 90.5 Å². The van der Waals surface area contributed by atoms with E-state index in [1.54, 1.807) is 12.1 Å². The lowest BCUT2D eigenvalue weighted by molar-refractivity contribution is -0.114. The summed E-state index contributed by atoms with van der Waals surface area (Å²) >= 11 is 6.33. The Labute approximate surface area is 272 Å². The minimum absolute atomic E-state index is 0.0760. The van der Waals surface area contributed by atoms with Gasteiger partial charge >= 0.3 is 0 Å². The Morgan fingerprint density at radius 1 is 0.783 bits per heavy atom. The number of carbonyl (C=O) groups is 1. The minimum Gasteiger partial charge on any atom is -0.489 e. The molecule has 8 nitrogen and oxygen atoms in total. The van der Waals surface area contributed by atoms with Crippen molar-refractivity contribution < 1.29 is 17.9 Å². The van der Waals surface area contributed by atoms with Crippen molar-refractivity contribution in [1.82, 2.24) is 9.78 Å². The summed E-state index contributed by atoms with van der Waals surface area (Å²) in [5.74, 6) is 0.517. The molecule has 0 fully saturated rings. The minimum atomic E-state index is -3.84. The molecule has 230 valence electrons. The summed E-state index contributed by atoms with van der Waals surface area (Å²) in [6.07, 6.45) is 0. The molecular weight excluding hydrogens is 620 g/mol. The number of carbonyl (C=O) groups excluding carboxylic acids is 1. The van der Waals surface area contributed by atoms with Crippen LogP contribution in [0.5, 0.6) is 5.75 Å². The molecule has 6 rings (SSSR count). The Hall–Kier alpha value is -5.38. The summed E-state index contributed by atoms with van der Waals surface area (Å²) in [5.41, 5.74) is 6.07. The van der Waals surface area contributed by atoms with E-state index in [1.165, 1.54) is 31.2 Å². The van der Waals surface area contributed by atoms with Gasteiger partial charge in [0.15, 0.2) is 0 Å². The van der Waals surface area contributed by atoms with E-state index >= 15 is 0 Å². The lowest BCUT2D eigenvalue weighted by Gasteiger charge is -2.10. The molecule has 0 aliphatic carbocycles. The van der Waals surface area contributed by atoms with Crippen LogP contribution < -0.4 is 14.8 Å². The molecule has 1 heterocycles. The standard InChI is InChI=1S/C36H29ClN4O4S/c1-25(42)38-30-16-20-34(21-17-30)46(43,44)40-31-14-10-27(11-15-31)35-23-36(41(39-35)32-9-5-8-29(37)22-32)28-12-18-33(19-13-28)45-24-26-6-3-2-4-7-26/h2-23,40H,24H2,1H3,(H,38,42). The van der Waals surface area contributed by atoms with Crippen LogP contribution in [0.3, 0.4) is 0 Å². The van der Waals surface area contributed by atoms with Crippen LogP contribution in [-0.4, -0.2) is 24.1 Å². The molecule has 0 aliphatic heterocycles. The Kier molecular flexibility index (Phi) is 8.87. The third kappa shape index (κ3) is 7.28. The quantitative estimate of drug-likeness (QED) is 0.156. The van der Waals surface area contributed by atoms with Gasteiger partial charge in [0.1, 0.15) is 12.4 Å². The van der Waals surface area contributed by atoms with Gasteiger partial charge in [-0.25, -0.2) is 13.1 Å². The average molecular weight is 649 g/mol. The number of amides is 1. The van der Waals surface area contributed by atoms with E-state index in [4.69, 9.17) is 21.4 Å². The summed E-state index contributed by atoms with van der Waals surface area (Å²) in [6.45, 7) is 1.86. The van der Waals surface area contributed by atoms with E-state index in [1.807, 2.05) is 102 Å². The number of halogens is 1. The molecule has 0 unspecified atom stereocenters. The number of aromatic nitrogens is 2. The predicted octanol–water partition coefficient (Wildman–Crippen LogP) is 8.20. The Morgan fingerprint density at radius 2 is 1.46 bits per heavy atom. The fourth-order valence-corrected chi connectivity index (χ4v) is 6.08. The lowest BCUT2D eigenvalue weighted by atomic mass is 10.1. The van der Waals surface area contributed by atoms with Crippen LogP contribution in [0.4, 0.5) is 11.4 Å². The fraction of sp³-hybridized carbons (Fsp3) is 0.0556. The van der Waals surface area contributed by atoms with Crippen molar-refractivity contribution in [3.63, 3.8) is 0 Å². The molecule has 0 atom stereocenters. The summed E-state index contributed by atoms with van der Waals surface area (Å²) < 4.78 is 36.4. The number of sulfonamides is 1. The van der Waals surface area contributed by atoms with Gasteiger partial charge in [-0.1, -0.05) is 60.1 Å². The Balaban J connectivity index is 1.24. The molecule has 6 aromatic rings. The topological polar surface area (TPSA) is 102 Å². The van der Waals surface area contributed by atoms with Crippen LogP contribution in [0.15, 0.2) is 138 Å². The number of ether oxygens (including phenoxy) is 1. The first-order valence-corrected chi connectivity index (χ1v) is 16.2. The first kappa shape index (κ1) is 30.6. The zero-order valence-electron chi connectivity index (χ0n) is 24.7. The highest BCUT2D eigenvalue weighted by Crippen LogP contribution is 2.31. The van der Waals surface area contributed by atoms with Crippen molar-refractivity contribution in [1.29, 1.82) is 0 Å². The molecular formula is C36H29ClN4O4S. The van der Waals surface area contributed by atoms with Gasteiger partial charge in [0.2, 0.25) is 5.91 Å². The summed E-state index contributed by atoms with van der Waals surface area (Å²) in [5, 5.41) is 8.12. The second-order valence-electron chi connectivity index (χ2n) is 10.5. The third-order valence-corrected chi connectivity index (χ3v) is 8.71. The normalized spacial score (nSPS) is 11.2.